The van der Waals surface area contributed by atoms with E-state index in [1.54, 1.807) is 24.4 Å². The molecule has 0 atom stereocenters. The number of anilines is 1. The third-order valence-corrected chi connectivity index (χ3v) is 4.29. The van der Waals surface area contributed by atoms with Crippen LogP contribution in [0.25, 0.3) is 0 Å². The topological polar surface area (TPSA) is 83.0 Å². The molecule has 1 aliphatic rings. The lowest BCUT2D eigenvalue weighted by Crippen LogP contribution is -2.48. The van der Waals surface area contributed by atoms with Crippen molar-refractivity contribution in [1.82, 2.24) is 9.88 Å². The van der Waals surface area contributed by atoms with Crippen LogP contribution in [0.1, 0.15) is 27.8 Å². The molecule has 1 aromatic heterocycles. The Morgan fingerprint density at radius 3 is 2.54 bits per heavy atom. The summed E-state index contributed by atoms with van der Waals surface area (Å²) in [6.07, 6.45) is 1.56. The number of ether oxygens (including phenoxy) is 1. The zero-order chi connectivity index (χ0) is 18.5. The lowest BCUT2D eigenvalue weighted by atomic mass is 10.1. The zero-order valence-corrected chi connectivity index (χ0v) is 14.6. The van der Waals surface area contributed by atoms with Crippen LogP contribution in [0.4, 0.5) is 5.69 Å². The molecule has 0 radical (unpaired) electrons. The largest absolute Gasteiger partial charge is 0.494 e. The number of carboxylic acids is 1. The van der Waals surface area contributed by atoms with Crippen LogP contribution < -0.4 is 9.64 Å². The van der Waals surface area contributed by atoms with Gasteiger partial charge in [-0.1, -0.05) is 6.07 Å². The van der Waals surface area contributed by atoms with E-state index in [2.05, 4.69) is 9.88 Å². The van der Waals surface area contributed by atoms with Crippen molar-refractivity contribution in [3.05, 3.63) is 53.9 Å². The van der Waals surface area contributed by atoms with E-state index < -0.39 is 5.97 Å². The van der Waals surface area contributed by atoms with E-state index in [1.165, 1.54) is 6.07 Å². The third-order valence-electron chi connectivity index (χ3n) is 4.29. The number of hydrogen-bond acceptors (Lipinski definition) is 5. The number of piperazine rings is 1. The van der Waals surface area contributed by atoms with Crippen LogP contribution in [0.3, 0.4) is 0 Å². The average molecular weight is 355 g/mol. The fourth-order valence-corrected chi connectivity index (χ4v) is 2.94. The Bertz CT molecular complexity index is 784. The van der Waals surface area contributed by atoms with Gasteiger partial charge in [-0.05, 0) is 37.3 Å². The van der Waals surface area contributed by atoms with Gasteiger partial charge < -0.3 is 19.6 Å². The first-order chi connectivity index (χ1) is 12.6. The van der Waals surface area contributed by atoms with Gasteiger partial charge in [-0.25, -0.2) is 9.78 Å². The summed E-state index contributed by atoms with van der Waals surface area (Å²) in [5.41, 5.74) is 1.51. The quantitative estimate of drug-likeness (QED) is 0.885. The predicted octanol–water partition coefficient (Wildman–Crippen LogP) is 2.14. The molecule has 7 heteroatoms. The highest BCUT2D eigenvalue weighted by molar-refractivity contribution is 5.94. The monoisotopic (exact) mass is 355 g/mol. The lowest BCUT2D eigenvalue weighted by molar-refractivity contribution is 0.0688. The third kappa shape index (κ3) is 3.93. The molecule has 26 heavy (non-hydrogen) atoms. The molecule has 1 aliphatic heterocycles. The molecule has 1 aromatic carbocycles. The predicted molar refractivity (Wildman–Crippen MR) is 96.9 cm³/mol. The summed E-state index contributed by atoms with van der Waals surface area (Å²) in [7, 11) is 0. The molecule has 1 fully saturated rings. The van der Waals surface area contributed by atoms with E-state index >= 15 is 0 Å². The van der Waals surface area contributed by atoms with Crippen molar-refractivity contribution >= 4 is 17.6 Å². The number of aromatic nitrogens is 1. The minimum absolute atomic E-state index is 0.00875. The first kappa shape index (κ1) is 17.7. The van der Waals surface area contributed by atoms with Gasteiger partial charge in [-0.15, -0.1) is 0 Å². The standard InChI is InChI=1S/C19H21N3O4/c1-2-26-16-5-3-4-14(12-16)18(23)22-10-8-21(9-11-22)15-6-7-17(19(24)25)20-13-15/h3-7,12-13H,2,8-11H2,1H3,(H,24,25). The molecule has 1 amide bonds. The van der Waals surface area contributed by atoms with Gasteiger partial charge in [0.1, 0.15) is 11.4 Å². The molecule has 0 saturated carbocycles. The van der Waals surface area contributed by atoms with Crippen LogP contribution >= 0.6 is 0 Å². The molecule has 0 bridgehead atoms. The summed E-state index contributed by atoms with van der Waals surface area (Å²) in [6.45, 7) is 5.00. The Hall–Kier alpha value is -3.09. The SMILES string of the molecule is CCOc1cccc(C(=O)N2CCN(c3ccc(C(=O)O)nc3)CC2)c1. The minimum Gasteiger partial charge on any atom is -0.494 e. The highest BCUT2D eigenvalue weighted by atomic mass is 16.5. The minimum atomic E-state index is -1.04. The highest BCUT2D eigenvalue weighted by Gasteiger charge is 2.23. The Morgan fingerprint density at radius 1 is 1.15 bits per heavy atom. The molecule has 2 heterocycles. The van der Waals surface area contributed by atoms with Gasteiger partial charge in [0.2, 0.25) is 0 Å². The van der Waals surface area contributed by atoms with E-state index in [9.17, 15) is 9.59 Å². The number of aromatic carboxylic acids is 1. The van der Waals surface area contributed by atoms with E-state index in [0.717, 1.165) is 5.69 Å². The second-order valence-corrected chi connectivity index (χ2v) is 5.95. The van der Waals surface area contributed by atoms with Crippen molar-refractivity contribution < 1.29 is 19.4 Å². The summed E-state index contributed by atoms with van der Waals surface area (Å²) in [4.78, 5) is 31.4. The van der Waals surface area contributed by atoms with Gasteiger partial charge in [0.25, 0.3) is 5.91 Å². The summed E-state index contributed by atoms with van der Waals surface area (Å²) >= 11 is 0. The molecule has 3 rings (SSSR count). The van der Waals surface area contributed by atoms with Gasteiger partial charge in [0, 0.05) is 31.7 Å². The van der Waals surface area contributed by atoms with Crippen molar-refractivity contribution in [2.45, 2.75) is 6.92 Å². The number of carbonyl (C=O) groups excluding carboxylic acids is 1. The van der Waals surface area contributed by atoms with Crippen LogP contribution in [-0.4, -0.2) is 59.7 Å². The van der Waals surface area contributed by atoms with E-state index in [4.69, 9.17) is 9.84 Å². The molecule has 1 N–H and O–H groups in total. The van der Waals surface area contributed by atoms with E-state index in [-0.39, 0.29) is 11.6 Å². The summed E-state index contributed by atoms with van der Waals surface area (Å²) in [5.74, 6) is -0.353. The maximum absolute atomic E-state index is 12.7. The molecule has 136 valence electrons. The highest BCUT2D eigenvalue weighted by Crippen LogP contribution is 2.19. The van der Waals surface area contributed by atoms with Crippen LogP contribution in [-0.2, 0) is 0 Å². The second-order valence-electron chi connectivity index (χ2n) is 5.95. The number of amides is 1. The Balaban J connectivity index is 1.61. The number of hydrogen-bond donors (Lipinski definition) is 1. The fraction of sp³-hybridized carbons (Fsp3) is 0.316. The maximum atomic E-state index is 12.7. The van der Waals surface area contributed by atoms with Crippen LogP contribution in [0.2, 0.25) is 0 Å². The molecule has 0 spiro atoms. The van der Waals surface area contributed by atoms with Crippen molar-refractivity contribution in [1.29, 1.82) is 0 Å². The smallest absolute Gasteiger partial charge is 0.354 e. The van der Waals surface area contributed by atoms with Crippen LogP contribution in [0, 0.1) is 0 Å². The van der Waals surface area contributed by atoms with Crippen molar-refractivity contribution in [2.75, 3.05) is 37.7 Å². The number of nitrogens with zero attached hydrogens (tertiary/aromatic N) is 3. The number of pyridine rings is 1. The van der Waals surface area contributed by atoms with Crippen molar-refractivity contribution in [3.8, 4) is 5.75 Å². The molecule has 2 aromatic rings. The molecule has 0 unspecified atom stereocenters. The second kappa shape index (κ2) is 7.86. The summed E-state index contributed by atoms with van der Waals surface area (Å²) < 4.78 is 5.46. The Labute approximate surface area is 151 Å². The van der Waals surface area contributed by atoms with Crippen LogP contribution in [0.15, 0.2) is 42.6 Å². The van der Waals surface area contributed by atoms with Crippen molar-refractivity contribution in [2.24, 2.45) is 0 Å². The van der Waals surface area contributed by atoms with Gasteiger partial charge in [0.05, 0.1) is 18.5 Å². The van der Waals surface area contributed by atoms with E-state index in [0.29, 0.717) is 44.1 Å². The van der Waals surface area contributed by atoms with E-state index in [1.807, 2.05) is 24.0 Å². The molecular formula is C19H21N3O4. The normalized spacial score (nSPS) is 14.2. The molecule has 7 nitrogen and oxygen atoms in total. The van der Waals surface area contributed by atoms with Gasteiger partial charge in [0.15, 0.2) is 0 Å². The lowest BCUT2D eigenvalue weighted by Gasteiger charge is -2.36. The zero-order valence-electron chi connectivity index (χ0n) is 14.6. The maximum Gasteiger partial charge on any atom is 0.354 e. The first-order valence-corrected chi connectivity index (χ1v) is 8.55. The molecule has 1 saturated heterocycles. The number of carboxylic acid groups (broad SMARTS) is 1. The number of carbonyl (C=O) groups is 2. The summed E-state index contributed by atoms with van der Waals surface area (Å²) in [6, 6.07) is 10.5. The Kier molecular flexibility index (Phi) is 5.36. The van der Waals surface area contributed by atoms with Gasteiger partial charge in [-0.2, -0.15) is 0 Å². The summed E-state index contributed by atoms with van der Waals surface area (Å²) in [5, 5.41) is 8.91. The van der Waals surface area contributed by atoms with Crippen LogP contribution in [0.5, 0.6) is 5.75 Å². The van der Waals surface area contributed by atoms with Gasteiger partial charge >= 0.3 is 5.97 Å². The average Bonchev–Trinajstić information content (AvgIpc) is 2.68. The fourth-order valence-electron chi connectivity index (χ4n) is 2.94. The molecule has 0 aliphatic carbocycles. The van der Waals surface area contributed by atoms with Crippen molar-refractivity contribution in [3.63, 3.8) is 0 Å². The van der Waals surface area contributed by atoms with Gasteiger partial charge in [-0.3, -0.25) is 4.79 Å². The first-order valence-electron chi connectivity index (χ1n) is 8.55. The number of rotatable bonds is 5. The number of benzene rings is 1. The Morgan fingerprint density at radius 2 is 1.92 bits per heavy atom. The molecular weight excluding hydrogens is 334 g/mol.